The molecule has 1 aromatic carbocycles. The molecule has 5 nitrogen and oxygen atoms in total. The van der Waals surface area contributed by atoms with E-state index in [1.165, 1.54) is 20.4 Å². The van der Waals surface area contributed by atoms with Crippen LogP contribution in [0.1, 0.15) is 26.3 Å². The van der Waals surface area contributed by atoms with E-state index >= 15 is 0 Å². The number of methoxy groups -OCH3 is 3. The Morgan fingerprint density at radius 2 is 1.58 bits per heavy atom. The van der Waals surface area contributed by atoms with Gasteiger partial charge in [0.05, 0.1) is 26.9 Å². The largest absolute Gasteiger partial charge is 0.623 e. The minimum atomic E-state index is -0.516. The summed E-state index contributed by atoms with van der Waals surface area (Å²) in [5.74, 6) is 1.51. The molecule has 0 aliphatic rings. The average molecular weight is 267 g/mol. The van der Waals surface area contributed by atoms with Gasteiger partial charge in [0.1, 0.15) is 0 Å². The van der Waals surface area contributed by atoms with Crippen LogP contribution < -0.4 is 14.2 Å². The van der Waals surface area contributed by atoms with Gasteiger partial charge < -0.3 is 19.4 Å². The summed E-state index contributed by atoms with van der Waals surface area (Å²) in [4.78, 5) is 0. The molecule has 0 unspecified atom stereocenters. The molecule has 1 rings (SSSR count). The number of benzene rings is 1. The highest BCUT2D eigenvalue weighted by Gasteiger charge is 2.21. The van der Waals surface area contributed by atoms with Crippen LogP contribution in [0, 0.1) is 5.21 Å². The summed E-state index contributed by atoms with van der Waals surface area (Å²) in [7, 11) is 4.61. The number of hydrogen-bond donors (Lipinski definition) is 0. The van der Waals surface area contributed by atoms with Crippen molar-refractivity contribution in [1.29, 1.82) is 0 Å². The first-order valence-corrected chi connectivity index (χ1v) is 5.95. The lowest BCUT2D eigenvalue weighted by molar-refractivity contribution is -0.530. The third-order valence-corrected chi connectivity index (χ3v) is 2.65. The summed E-state index contributed by atoms with van der Waals surface area (Å²) < 4.78 is 16.7. The molecule has 0 bridgehead atoms. The van der Waals surface area contributed by atoms with Gasteiger partial charge in [-0.3, -0.25) is 0 Å². The van der Waals surface area contributed by atoms with Gasteiger partial charge in [0.15, 0.2) is 23.3 Å². The van der Waals surface area contributed by atoms with Crippen LogP contribution in [0.5, 0.6) is 17.2 Å². The summed E-state index contributed by atoms with van der Waals surface area (Å²) in [5.41, 5.74) is 0.128. The van der Waals surface area contributed by atoms with Gasteiger partial charge in [-0.1, -0.05) is 0 Å². The van der Waals surface area contributed by atoms with Crippen molar-refractivity contribution in [2.45, 2.75) is 26.3 Å². The Hall–Kier alpha value is -1.91. The number of nitrogens with zero attached hydrogens (tertiary/aromatic N) is 1. The van der Waals surface area contributed by atoms with Crippen molar-refractivity contribution in [2.75, 3.05) is 21.3 Å². The molecule has 5 heteroatoms. The Bertz CT molecular complexity index is 475. The number of ether oxygens (including phenoxy) is 3. The Morgan fingerprint density at radius 1 is 1.00 bits per heavy atom. The first kappa shape index (κ1) is 15.1. The van der Waals surface area contributed by atoms with Crippen LogP contribution in [0.3, 0.4) is 0 Å². The van der Waals surface area contributed by atoms with Gasteiger partial charge in [-0.2, -0.15) is 0 Å². The van der Waals surface area contributed by atoms with Crippen LogP contribution in [-0.2, 0) is 0 Å². The Labute approximate surface area is 114 Å². The van der Waals surface area contributed by atoms with Gasteiger partial charge in [-0.05, 0) is 12.1 Å². The zero-order chi connectivity index (χ0) is 14.6. The summed E-state index contributed by atoms with van der Waals surface area (Å²) >= 11 is 0. The molecule has 0 radical (unpaired) electrons. The van der Waals surface area contributed by atoms with Gasteiger partial charge in [0, 0.05) is 20.8 Å². The molecular weight excluding hydrogens is 246 g/mol. The normalized spacial score (nSPS) is 12.2. The smallest absolute Gasteiger partial charge is 0.204 e. The number of hydrogen-bond acceptors (Lipinski definition) is 4. The second-order valence-corrected chi connectivity index (χ2v) is 5.05. The van der Waals surface area contributed by atoms with E-state index in [4.69, 9.17) is 14.2 Å². The predicted molar refractivity (Wildman–Crippen MR) is 74.6 cm³/mol. The molecule has 0 aliphatic heterocycles. The topological polar surface area (TPSA) is 53.8 Å². The van der Waals surface area contributed by atoms with Gasteiger partial charge in [-0.25, -0.2) is 4.74 Å². The lowest BCUT2D eigenvalue weighted by Gasteiger charge is -2.19. The highest BCUT2D eigenvalue weighted by atomic mass is 16.5. The lowest BCUT2D eigenvalue weighted by atomic mass is 10.1. The van der Waals surface area contributed by atoms with E-state index in [1.807, 2.05) is 20.8 Å². The molecule has 0 fully saturated rings. The molecule has 0 spiro atoms. The average Bonchev–Trinajstić information content (AvgIpc) is 2.36. The quantitative estimate of drug-likeness (QED) is 0.364. The fourth-order valence-corrected chi connectivity index (χ4v) is 1.55. The predicted octanol–water partition coefficient (Wildman–Crippen LogP) is 2.44. The summed E-state index contributed by atoms with van der Waals surface area (Å²) in [6.45, 7) is 5.51. The zero-order valence-corrected chi connectivity index (χ0v) is 12.3. The molecule has 0 atom stereocenters. The molecule has 1 aromatic rings. The molecule has 0 heterocycles. The minimum Gasteiger partial charge on any atom is -0.623 e. The molecular formula is C14H21NO4. The van der Waals surface area contributed by atoms with Crippen molar-refractivity contribution in [2.24, 2.45) is 0 Å². The van der Waals surface area contributed by atoms with Gasteiger partial charge in [0.25, 0.3) is 0 Å². The van der Waals surface area contributed by atoms with E-state index in [0.29, 0.717) is 22.8 Å². The second-order valence-electron chi connectivity index (χ2n) is 5.05. The van der Waals surface area contributed by atoms with Crippen LogP contribution in [-0.4, -0.2) is 37.8 Å². The monoisotopic (exact) mass is 267 g/mol. The Morgan fingerprint density at radius 3 is 2.00 bits per heavy atom. The van der Waals surface area contributed by atoms with Gasteiger partial charge in [-0.15, -0.1) is 0 Å². The maximum Gasteiger partial charge on any atom is 0.204 e. The third kappa shape index (κ3) is 3.30. The van der Waals surface area contributed by atoms with Gasteiger partial charge in [0.2, 0.25) is 5.75 Å². The Balaban J connectivity index is 3.38. The molecule has 19 heavy (non-hydrogen) atoms. The van der Waals surface area contributed by atoms with Crippen molar-refractivity contribution in [1.82, 2.24) is 0 Å². The maximum absolute atomic E-state index is 12.0. The van der Waals surface area contributed by atoms with Crippen molar-refractivity contribution in [3.8, 4) is 17.2 Å². The molecule has 0 saturated heterocycles. The first-order chi connectivity index (χ1) is 8.85. The highest BCUT2D eigenvalue weighted by Crippen LogP contribution is 2.39. The SMILES string of the molecule is COc1ccc(/C=[N+](\[O-])C(C)(C)C)c(OC)c1OC. The zero-order valence-electron chi connectivity index (χ0n) is 12.3. The third-order valence-electron chi connectivity index (χ3n) is 2.65. The fourth-order valence-electron chi connectivity index (χ4n) is 1.55. The highest BCUT2D eigenvalue weighted by molar-refractivity contribution is 5.83. The lowest BCUT2D eigenvalue weighted by Crippen LogP contribution is -2.29. The molecule has 0 N–H and O–H groups in total. The van der Waals surface area contributed by atoms with Crippen molar-refractivity contribution in [3.63, 3.8) is 0 Å². The number of hydroxylamine groups is 1. The van der Waals surface area contributed by atoms with E-state index in [0.717, 1.165) is 4.74 Å². The Kier molecular flexibility index (Phi) is 4.64. The number of rotatable bonds is 4. The van der Waals surface area contributed by atoms with Crippen LogP contribution in [0.2, 0.25) is 0 Å². The van der Waals surface area contributed by atoms with Crippen LogP contribution in [0.25, 0.3) is 0 Å². The second kappa shape index (κ2) is 5.82. The van der Waals surface area contributed by atoms with E-state index in [2.05, 4.69) is 0 Å². The molecule has 0 saturated carbocycles. The summed E-state index contributed by atoms with van der Waals surface area (Å²) in [6, 6.07) is 3.50. The van der Waals surface area contributed by atoms with Crippen LogP contribution >= 0.6 is 0 Å². The fraction of sp³-hybridized carbons (Fsp3) is 0.500. The van der Waals surface area contributed by atoms with E-state index in [9.17, 15) is 5.21 Å². The van der Waals surface area contributed by atoms with Crippen molar-refractivity contribution >= 4 is 6.21 Å². The van der Waals surface area contributed by atoms with Crippen LogP contribution in [0.15, 0.2) is 12.1 Å². The van der Waals surface area contributed by atoms with Crippen molar-refractivity contribution in [3.05, 3.63) is 22.9 Å². The molecule has 106 valence electrons. The molecule has 0 amide bonds. The first-order valence-electron chi connectivity index (χ1n) is 5.95. The molecule has 0 aliphatic carbocycles. The summed E-state index contributed by atoms with van der Waals surface area (Å²) in [6.07, 6.45) is 1.49. The van der Waals surface area contributed by atoms with Gasteiger partial charge >= 0.3 is 0 Å². The molecule has 0 aromatic heterocycles. The van der Waals surface area contributed by atoms with E-state index in [-0.39, 0.29) is 0 Å². The van der Waals surface area contributed by atoms with Crippen LogP contribution in [0.4, 0.5) is 0 Å². The van der Waals surface area contributed by atoms with E-state index in [1.54, 1.807) is 19.2 Å². The maximum atomic E-state index is 12.0. The van der Waals surface area contributed by atoms with Crippen molar-refractivity contribution < 1.29 is 18.9 Å². The van der Waals surface area contributed by atoms with E-state index < -0.39 is 5.54 Å². The minimum absolute atomic E-state index is 0.473. The standard InChI is InChI=1S/C14H21NO4/c1-14(2,3)15(16)9-10-7-8-11(17-4)13(19-6)12(10)18-5/h7-9H,1-6H3/b15-9-. The summed E-state index contributed by atoms with van der Waals surface area (Å²) in [5, 5.41) is 12.0.